The van der Waals surface area contributed by atoms with Gasteiger partial charge in [0.1, 0.15) is 0 Å². The monoisotopic (exact) mass is 593 g/mol. The average molecular weight is 594 g/mol. The summed E-state index contributed by atoms with van der Waals surface area (Å²) in [7, 11) is -3.43. The third-order valence-electron chi connectivity index (χ3n) is 6.93. The molecule has 0 aliphatic carbocycles. The number of fused-ring (bicyclic) bond motifs is 1. The van der Waals surface area contributed by atoms with Gasteiger partial charge in [0.15, 0.2) is 0 Å². The van der Waals surface area contributed by atoms with Gasteiger partial charge in [0.2, 0.25) is 0 Å². The first-order chi connectivity index (χ1) is 18.4. The molecule has 8 nitrogen and oxygen atoms in total. The van der Waals surface area contributed by atoms with E-state index in [2.05, 4.69) is 25.7 Å². The van der Waals surface area contributed by atoms with Crippen LogP contribution in [0.5, 0.6) is 0 Å². The maximum absolute atomic E-state index is 14.8. The molecule has 1 aromatic heterocycles. The molecule has 1 amide bonds. The van der Waals surface area contributed by atoms with E-state index < -0.39 is 19.2 Å². The van der Waals surface area contributed by atoms with Crippen molar-refractivity contribution < 1.29 is 18.8 Å². The van der Waals surface area contributed by atoms with Crippen LogP contribution in [0.4, 0.5) is 15.0 Å². The van der Waals surface area contributed by atoms with E-state index in [1.54, 1.807) is 35.8 Å². The summed E-state index contributed by atoms with van der Waals surface area (Å²) in [5, 5.41) is 0.295. The Bertz CT molecular complexity index is 1320. The molecule has 2 atom stereocenters. The molecule has 11 heteroatoms. The fourth-order valence-electron chi connectivity index (χ4n) is 5.13. The Balaban J connectivity index is 1.80. The Kier molecular flexibility index (Phi) is 8.18. The number of nitrogens with zero attached hydrogens (tertiary/aromatic N) is 5. The van der Waals surface area contributed by atoms with Crippen LogP contribution < -0.4 is 4.67 Å². The average Bonchev–Trinajstić information content (AvgIpc) is 2.80. The molecule has 1 saturated heterocycles. The van der Waals surface area contributed by atoms with Crippen LogP contribution in [0, 0.1) is 11.2 Å². The van der Waals surface area contributed by atoms with E-state index in [1.807, 2.05) is 39.3 Å². The normalized spacial score (nSPS) is 22.0. The van der Waals surface area contributed by atoms with E-state index >= 15 is 0 Å². The molecular formula is C29H42ClFN5O3P. The van der Waals surface area contributed by atoms with Gasteiger partial charge in [-0.1, -0.05) is 0 Å². The number of anilines is 1. The van der Waals surface area contributed by atoms with Crippen LogP contribution in [-0.4, -0.2) is 75.6 Å². The molecule has 220 valence electrons. The van der Waals surface area contributed by atoms with Crippen molar-refractivity contribution in [1.82, 2.24) is 14.8 Å². The number of pyridine rings is 1. The zero-order valence-electron chi connectivity index (χ0n) is 24.9. The van der Waals surface area contributed by atoms with Gasteiger partial charge in [-0.25, -0.2) is 0 Å². The van der Waals surface area contributed by atoms with Gasteiger partial charge in [0, 0.05) is 0 Å². The third-order valence-corrected chi connectivity index (χ3v) is 9.25. The number of hydrogen-bond donors (Lipinski definition) is 1. The molecule has 0 radical (unpaired) electrons. The molecule has 2 aliphatic heterocycles. The summed E-state index contributed by atoms with van der Waals surface area (Å²) < 4.78 is 27.4. The molecule has 0 bridgehead atoms. The van der Waals surface area contributed by atoms with Gasteiger partial charge in [0.25, 0.3) is 0 Å². The summed E-state index contributed by atoms with van der Waals surface area (Å²) in [6, 6.07) is 7.88. The molecule has 0 saturated carbocycles. The van der Waals surface area contributed by atoms with Crippen molar-refractivity contribution in [1.29, 1.82) is 0 Å². The number of halogens is 2. The van der Waals surface area contributed by atoms with Gasteiger partial charge in [-0.15, -0.1) is 0 Å². The number of amidine groups is 1. The van der Waals surface area contributed by atoms with Crippen LogP contribution in [0.15, 0.2) is 35.1 Å². The van der Waals surface area contributed by atoms with Crippen molar-refractivity contribution in [3.63, 3.8) is 0 Å². The summed E-state index contributed by atoms with van der Waals surface area (Å²) in [4.78, 5) is 33.6. The van der Waals surface area contributed by atoms with Crippen molar-refractivity contribution in [2.75, 3.05) is 31.0 Å². The molecule has 1 N–H and O–H groups in total. The first-order valence-electron chi connectivity index (χ1n) is 13.7. The predicted octanol–water partition coefficient (Wildman–Crippen LogP) is 6.60. The molecule has 1 aromatic carbocycles. The molecular weight excluding hydrogens is 552 g/mol. The van der Waals surface area contributed by atoms with Crippen molar-refractivity contribution in [2.24, 2.45) is 10.2 Å². The Morgan fingerprint density at radius 1 is 1.12 bits per heavy atom. The van der Waals surface area contributed by atoms with E-state index in [0.717, 1.165) is 0 Å². The standard InChI is InChI=1S/C29H42ClFN5O3P/c1-18-16-35(27(37)39-29(6,7)8)19(2)15-34(18)26-21-14-22(30)24(20-12-10-11-13-23(20)31)32-25(21)36(17-28(3,4)5)40(9,38)33-26/h10-14,18-19,38,40H,15-17H2,1-9H3/t18-,19+/m0/s1. The Labute approximate surface area is 242 Å². The van der Waals surface area contributed by atoms with Crippen LogP contribution in [0.1, 0.15) is 61.0 Å². The van der Waals surface area contributed by atoms with E-state index in [4.69, 9.17) is 26.1 Å². The summed E-state index contributed by atoms with van der Waals surface area (Å²) in [6.07, 6.45) is -0.352. The topological polar surface area (TPSA) is 81.5 Å². The summed E-state index contributed by atoms with van der Waals surface area (Å²) >= 11 is 6.77. The van der Waals surface area contributed by atoms with Gasteiger partial charge >= 0.3 is 243 Å². The first-order valence-corrected chi connectivity index (χ1v) is 16.4. The van der Waals surface area contributed by atoms with Crippen LogP contribution in [0.2, 0.25) is 5.02 Å². The second kappa shape index (κ2) is 10.7. The van der Waals surface area contributed by atoms with Crippen LogP contribution >= 0.6 is 19.4 Å². The number of aromatic nitrogens is 1. The number of carbonyl (C=O) groups excluding carboxylic acids is 1. The van der Waals surface area contributed by atoms with Crippen LogP contribution in [-0.2, 0) is 4.74 Å². The van der Waals surface area contributed by atoms with Crippen molar-refractivity contribution in [2.45, 2.75) is 73.1 Å². The van der Waals surface area contributed by atoms with Crippen molar-refractivity contribution in [3.8, 4) is 11.3 Å². The second-order valence-corrected chi connectivity index (χ2v) is 16.3. The van der Waals surface area contributed by atoms with Gasteiger partial charge in [0.05, 0.1) is 0 Å². The second-order valence-electron chi connectivity index (χ2n) is 13.2. The zero-order valence-corrected chi connectivity index (χ0v) is 26.7. The number of hydrogen-bond acceptors (Lipinski definition) is 7. The van der Waals surface area contributed by atoms with Crippen LogP contribution in [0.25, 0.3) is 11.3 Å². The number of ether oxygens (including phenoxy) is 1. The third kappa shape index (κ3) is 6.37. The molecule has 0 unspecified atom stereocenters. The van der Waals surface area contributed by atoms with Crippen molar-refractivity contribution in [3.05, 3.63) is 46.7 Å². The number of rotatable bonds is 2. The quantitative estimate of drug-likeness (QED) is 0.395. The van der Waals surface area contributed by atoms with Gasteiger partial charge in [-0.3, -0.25) is 0 Å². The maximum atomic E-state index is 14.8. The SMILES string of the molecule is C[C@@H]1CN(C2=N[PH](C)(O)N(CC(C)(C)C)c3nc(-c4ccccc4F)c(Cl)cc32)[C@@H](C)CN1C(=O)OC(C)(C)C. The summed E-state index contributed by atoms with van der Waals surface area (Å²) in [6.45, 7) is 19.0. The van der Waals surface area contributed by atoms with E-state index in [0.29, 0.717) is 53.1 Å². The van der Waals surface area contributed by atoms with Crippen molar-refractivity contribution >= 4 is 37.1 Å². The number of amides is 1. The Morgan fingerprint density at radius 2 is 1.77 bits per heavy atom. The minimum absolute atomic E-state index is 0.126. The molecule has 3 heterocycles. The molecule has 2 aliphatic rings. The predicted molar refractivity (Wildman–Crippen MR) is 163 cm³/mol. The van der Waals surface area contributed by atoms with Gasteiger partial charge in [-0.2, -0.15) is 0 Å². The molecule has 40 heavy (non-hydrogen) atoms. The van der Waals surface area contributed by atoms with E-state index in [9.17, 15) is 14.1 Å². The zero-order chi connectivity index (χ0) is 29.8. The van der Waals surface area contributed by atoms with Gasteiger partial charge in [-0.05, 0) is 0 Å². The number of piperazine rings is 1. The Morgan fingerprint density at radius 3 is 2.38 bits per heavy atom. The fourth-order valence-corrected chi connectivity index (χ4v) is 7.50. The minimum atomic E-state index is -3.43. The van der Waals surface area contributed by atoms with E-state index in [1.165, 1.54) is 6.07 Å². The first kappa shape index (κ1) is 30.5. The van der Waals surface area contributed by atoms with E-state index in [-0.39, 0.29) is 23.6 Å². The molecule has 4 rings (SSSR count). The summed E-state index contributed by atoms with van der Waals surface area (Å²) in [5.41, 5.74) is 0.520. The van der Waals surface area contributed by atoms with Crippen LogP contribution in [0.3, 0.4) is 0 Å². The number of carbonyl (C=O) groups is 1. The number of benzene rings is 1. The Hall–Kier alpha value is -2.48. The fraction of sp³-hybridized carbons (Fsp3) is 0.552. The summed E-state index contributed by atoms with van der Waals surface area (Å²) in [5.74, 6) is 0.705. The molecule has 1 fully saturated rings. The molecule has 0 spiro atoms. The van der Waals surface area contributed by atoms with Gasteiger partial charge < -0.3 is 0 Å². The molecule has 2 aromatic rings.